The fourth-order valence-electron chi connectivity index (χ4n) is 1.82. The van der Waals surface area contributed by atoms with Gasteiger partial charge >= 0.3 is 6.18 Å². The lowest BCUT2D eigenvalue weighted by molar-refractivity contribution is -0.138. The summed E-state index contributed by atoms with van der Waals surface area (Å²) >= 11 is 5.50. The minimum Gasteiger partial charge on any atom is -0.454 e. The Labute approximate surface area is 124 Å². The largest absolute Gasteiger partial charge is 0.454 e. The normalized spacial score (nSPS) is 11.5. The summed E-state index contributed by atoms with van der Waals surface area (Å²) in [6, 6.07) is 7.52. The van der Waals surface area contributed by atoms with Crippen molar-refractivity contribution in [1.82, 2.24) is 0 Å². The molecule has 0 radical (unpaired) electrons. The summed E-state index contributed by atoms with van der Waals surface area (Å²) in [6.07, 6.45) is -4.55. The number of hydrogen-bond acceptors (Lipinski definition) is 1. The van der Waals surface area contributed by atoms with Gasteiger partial charge in [0.05, 0.1) is 5.56 Å². The molecule has 0 saturated carbocycles. The molecule has 0 aliphatic rings. The molecule has 6 heteroatoms. The van der Waals surface area contributed by atoms with Crippen molar-refractivity contribution in [1.29, 1.82) is 0 Å². The molecule has 0 aliphatic carbocycles. The van der Waals surface area contributed by atoms with Crippen molar-refractivity contribution < 1.29 is 22.3 Å². The van der Waals surface area contributed by atoms with Crippen LogP contribution in [0.15, 0.2) is 36.4 Å². The van der Waals surface area contributed by atoms with Crippen molar-refractivity contribution >= 4 is 11.6 Å². The van der Waals surface area contributed by atoms with Gasteiger partial charge in [0.15, 0.2) is 11.6 Å². The minimum atomic E-state index is -4.55. The second-order valence-corrected chi connectivity index (χ2v) is 4.75. The van der Waals surface area contributed by atoms with E-state index in [2.05, 4.69) is 0 Å². The lowest BCUT2D eigenvalue weighted by atomic mass is 10.1. The Kier molecular flexibility index (Phi) is 4.42. The zero-order chi connectivity index (χ0) is 15.6. The Hall–Kier alpha value is -1.75. The fraction of sp³-hybridized carbons (Fsp3) is 0.200. The summed E-state index contributed by atoms with van der Waals surface area (Å²) in [5.41, 5.74) is -0.205. The van der Waals surface area contributed by atoms with Crippen molar-refractivity contribution in [2.24, 2.45) is 0 Å². The second kappa shape index (κ2) is 5.93. The number of benzene rings is 2. The molecular weight excluding hydrogens is 308 g/mol. The van der Waals surface area contributed by atoms with Crippen LogP contribution in [0.1, 0.15) is 16.7 Å². The highest BCUT2D eigenvalue weighted by Crippen LogP contribution is 2.36. The molecule has 2 aromatic carbocycles. The van der Waals surface area contributed by atoms with Crippen LogP contribution in [0.3, 0.4) is 0 Å². The van der Waals surface area contributed by atoms with E-state index in [1.165, 1.54) is 24.3 Å². The molecule has 0 aliphatic heterocycles. The maximum absolute atomic E-state index is 13.6. The molecule has 0 aromatic heterocycles. The van der Waals surface area contributed by atoms with Gasteiger partial charge in [-0.15, -0.1) is 11.6 Å². The Bertz CT molecular complexity index is 653. The quantitative estimate of drug-likeness (QED) is 0.522. The fourth-order valence-corrected chi connectivity index (χ4v) is 2.05. The molecule has 0 atom stereocenters. The number of hydrogen-bond donors (Lipinski definition) is 0. The predicted octanol–water partition coefficient (Wildman–Crippen LogP) is 5.68. The van der Waals surface area contributed by atoms with Crippen LogP contribution in [-0.2, 0) is 12.1 Å². The van der Waals surface area contributed by atoms with E-state index >= 15 is 0 Å². The molecule has 2 rings (SSSR count). The van der Waals surface area contributed by atoms with Crippen LogP contribution in [0.5, 0.6) is 11.5 Å². The Morgan fingerprint density at radius 3 is 2.43 bits per heavy atom. The summed E-state index contributed by atoms with van der Waals surface area (Å²) < 4.78 is 57.5. The average molecular weight is 319 g/mol. The van der Waals surface area contributed by atoms with Crippen LogP contribution in [0, 0.1) is 12.7 Å². The van der Waals surface area contributed by atoms with E-state index in [-0.39, 0.29) is 22.9 Å². The highest BCUT2D eigenvalue weighted by atomic mass is 35.5. The number of halogens is 5. The number of alkyl halides is 4. The Morgan fingerprint density at radius 1 is 1.10 bits per heavy atom. The number of rotatable bonds is 3. The number of ether oxygens (including phenoxy) is 1. The first kappa shape index (κ1) is 15.6. The maximum Gasteiger partial charge on any atom is 0.416 e. The lowest BCUT2D eigenvalue weighted by Crippen LogP contribution is -2.08. The summed E-state index contributed by atoms with van der Waals surface area (Å²) in [5.74, 6) is -1.13. The summed E-state index contributed by atoms with van der Waals surface area (Å²) in [7, 11) is 0. The van der Waals surface area contributed by atoms with Crippen molar-refractivity contribution in [2.75, 3.05) is 0 Å². The first-order valence-electron chi connectivity index (χ1n) is 6.01. The molecule has 0 spiro atoms. The Morgan fingerprint density at radius 2 is 1.81 bits per heavy atom. The molecule has 112 valence electrons. The summed E-state index contributed by atoms with van der Waals surface area (Å²) in [5, 5.41) is 0. The molecule has 2 aromatic rings. The van der Waals surface area contributed by atoms with Crippen molar-refractivity contribution in [3.63, 3.8) is 0 Å². The first-order valence-corrected chi connectivity index (χ1v) is 6.55. The molecule has 0 heterocycles. The maximum atomic E-state index is 13.6. The third kappa shape index (κ3) is 3.67. The van der Waals surface area contributed by atoms with Gasteiger partial charge in [0, 0.05) is 5.88 Å². The summed E-state index contributed by atoms with van der Waals surface area (Å²) in [6.45, 7) is 1.73. The van der Waals surface area contributed by atoms with Crippen LogP contribution in [0.2, 0.25) is 0 Å². The molecule has 0 fully saturated rings. The van der Waals surface area contributed by atoms with Crippen molar-refractivity contribution in [3.05, 3.63) is 58.9 Å². The third-order valence-electron chi connectivity index (χ3n) is 2.85. The molecule has 0 bridgehead atoms. The van der Waals surface area contributed by atoms with E-state index in [0.29, 0.717) is 0 Å². The van der Waals surface area contributed by atoms with E-state index in [1.807, 2.05) is 0 Å². The van der Waals surface area contributed by atoms with Crippen LogP contribution in [0.25, 0.3) is 0 Å². The summed E-state index contributed by atoms with van der Waals surface area (Å²) in [4.78, 5) is 0. The lowest BCUT2D eigenvalue weighted by Gasteiger charge is -2.14. The SMILES string of the molecule is Cc1ccc(F)c(Oc2ccc(CCl)c(C(F)(F)F)c2)c1. The van der Waals surface area contributed by atoms with Gasteiger partial charge in [0.25, 0.3) is 0 Å². The monoisotopic (exact) mass is 318 g/mol. The third-order valence-corrected chi connectivity index (χ3v) is 3.13. The van der Waals surface area contributed by atoms with Gasteiger partial charge in [-0.25, -0.2) is 4.39 Å². The van der Waals surface area contributed by atoms with Crippen molar-refractivity contribution in [3.8, 4) is 11.5 Å². The smallest absolute Gasteiger partial charge is 0.416 e. The van der Waals surface area contributed by atoms with Gasteiger partial charge in [0.1, 0.15) is 5.75 Å². The van der Waals surface area contributed by atoms with Gasteiger partial charge in [-0.1, -0.05) is 12.1 Å². The van der Waals surface area contributed by atoms with Crippen LogP contribution >= 0.6 is 11.6 Å². The van der Waals surface area contributed by atoms with Gasteiger partial charge in [0.2, 0.25) is 0 Å². The van der Waals surface area contributed by atoms with Crippen LogP contribution in [0.4, 0.5) is 17.6 Å². The van der Waals surface area contributed by atoms with E-state index in [1.54, 1.807) is 13.0 Å². The molecule has 1 nitrogen and oxygen atoms in total. The zero-order valence-electron chi connectivity index (χ0n) is 11.0. The predicted molar refractivity (Wildman–Crippen MR) is 72.2 cm³/mol. The molecule has 21 heavy (non-hydrogen) atoms. The van der Waals surface area contributed by atoms with E-state index in [9.17, 15) is 17.6 Å². The second-order valence-electron chi connectivity index (χ2n) is 4.49. The molecule has 0 unspecified atom stereocenters. The first-order chi connectivity index (χ1) is 9.81. The van der Waals surface area contributed by atoms with E-state index in [4.69, 9.17) is 16.3 Å². The van der Waals surface area contributed by atoms with Crippen LogP contribution in [-0.4, -0.2) is 0 Å². The highest BCUT2D eigenvalue weighted by molar-refractivity contribution is 6.17. The standard InChI is InChI=1S/C15H11ClF4O/c1-9-2-5-13(17)14(6-9)21-11-4-3-10(8-16)12(7-11)15(18,19)20/h2-7H,8H2,1H3. The molecular formula is C15H11ClF4O. The molecule has 0 saturated heterocycles. The number of aryl methyl sites for hydroxylation is 1. The van der Waals surface area contributed by atoms with Gasteiger partial charge in [-0.3, -0.25) is 0 Å². The minimum absolute atomic E-state index is 0.0544. The van der Waals surface area contributed by atoms with Gasteiger partial charge in [-0.05, 0) is 42.3 Å². The average Bonchev–Trinajstić information content (AvgIpc) is 2.42. The van der Waals surface area contributed by atoms with Gasteiger partial charge in [-0.2, -0.15) is 13.2 Å². The topological polar surface area (TPSA) is 9.23 Å². The Balaban J connectivity index is 2.39. The highest BCUT2D eigenvalue weighted by Gasteiger charge is 2.33. The van der Waals surface area contributed by atoms with E-state index < -0.39 is 17.6 Å². The van der Waals surface area contributed by atoms with Crippen molar-refractivity contribution in [2.45, 2.75) is 19.0 Å². The van der Waals surface area contributed by atoms with Crippen LogP contribution < -0.4 is 4.74 Å². The zero-order valence-corrected chi connectivity index (χ0v) is 11.7. The van der Waals surface area contributed by atoms with E-state index in [0.717, 1.165) is 11.6 Å². The molecule has 0 N–H and O–H groups in total. The molecule has 0 amide bonds. The van der Waals surface area contributed by atoms with Gasteiger partial charge < -0.3 is 4.74 Å².